The van der Waals surface area contributed by atoms with Gasteiger partial charge in [0.15, 0.2) is 0 Å². The zero-order valence-corrected chi connectivity index (χ0v) is 10.7. The molecule has 1 aromatic carbocycles. The highest BCUT2D eigenvalue weighted by Crippen LogP contribution is 2.13. The summed E-state index contributed by atoms with van der Waals surface area (Å²) in [5, 5.41) is 12.3. The van der Waals surface area contributed by atoms with Crippen molar-refractivity contribution < 1.29 is 9.90 Å². The van der Waals surface area contributed by atoms with Crippen LogP contribution in [0.3, 0.4) is 0 Å². The fourth-order valence-electron chi connectivity index (χ4n) is 1.80. The average molecular weight is 256 g/mol. The van der Waals surface area contributed by atoms with Gasteiger partial charge in [0.2, 0.25) is 0 Å². The van der Waals surface area contributed by atoms with Crippen LogP contribution in [0.15, 0.2) is 48.7 Å². The zero-order valence-electron chi connectivity index (χ0n) is 10.7. The monoisotopic (exact) mass is 256 g/mol. The van der Waals surface area contributed by atoms with Gasteiger partial charge in [-0.15, -0.1) is 0 Å². The van der Waals surface area contributed by atoms with Gasteiger partial charge < -0.3 is 5.11 Å². The van der Waals surface area contributed by atoms with E-state index in [4.69, 9.17) is 0 Å². The number of hydrogen-bond donors (Lipinski definition) is 2. The van der Waals surface area contributed by atoms with E-state index in [2.05, 4.69) is 10.3 Å². The van der Waals surface area contributed by atoms with E-state index in [1.54, 1.807) is 18.3 Å². The van der Waals surface area contributed by atoms with Crippen molar-refractivity contribution in [3.63, 3.8) is 0 Å². The zero-order chi connectivity index (χ0) is 13.7. The Morgan fingerprint density at radius 3 is 2.58 bits per heavy atom. The third-order valence-electron chi connectivity index (χ3n) is 2.84. The van der Waals surface area contributed by atoms with E-state index in [0.717, 1.165) is 16.8 Å². The minimum Gasteiger partial charge on any atom is -0.480 e. The van der Waals surface area contributed by atoms with E-state index >= 15 is 0 Å². The van der Waals surface area contributed by atoms with Crippen LogP contribution in [-0.2, 0) is 11.3 Å². The molecule has 98 valence electrons. The predicted molar refractivity (Wildman–Crippen MR) is 72.6 cm³/mol. The lowest BCUT2D eigenvalue weighted by molar-refractivity contribution is -0.139. The summed E-state index contributed by atoms with van der Waals surface area (Å²) in [4.78, 5) is 15.5. The first-order chi connectivity index (χ1) is 9.16. The summed E-state index contributed by atoms with van der Waals surface area (Å²) in [6, 6.07) is 12.3. The van der Waals surface area contributed by atoms with Gasteiger partial charge >= 0.3 is 5.97 Å². The molecular formula is C15H16N2O2. The van der Waals surface area contributed by atoms with E-state index in [9.17, 15) is 9.90 Å². The van der Waals surface area contributed by atoms with Gasteiger partial charge in [-0.2, -0.15) is 0 Å². The molecule has 0 aliphatic carbocycles. The molecule has 0 bridgehead atoms. The Labute approximate surface area is 112 Å². The second-order valence-electron chi connectivity index (χ2n) is 4.39. The van der Waals surface area contributed by atoms with Crippen molar-refractivity contribution in [1.82, 2.24) is 10.3 Å². The molecule has 0 aliphatic heterocycles. The molecule has 0 saturated heterocycles. The molecule has 1 aromatic heterocycles. The van der Waals surface area contributed by atoms with Crippen LogP contribution in [0.4, 0.5) is 0 Å². The highest BCUT2D eigenvalue weighted by atomic mass is 16.4. The Morgan fingerprint density at radius 2 is 2.00 bits per heavy atom. The van der Waals surface area contributed by atoms with Crippen molar-refractivity contribution in [2.75, 3.05) is 0 Å². The average Bonchev–Trinajstić information content (AvgIpc) is 2.42. The highest BCUT2D eigenvalue weighted by molar-refractivity contribution is 5.75. The molecular weight excluding hydrogens is 240 g/mol. The Bertz CT molecular complexity index is 538. The molecule has 2 aromatic rings. The number of nitrogens with zero attached hydrogens (tertiary/aromatic N) is 1. The van der Waals surface area contributed by atoms with Gasteiger partial charge in [0, 0.05) is 12.7 Å². The van der Waals surface area contributed by atoms with E-state index in [-0.39, 0.29) is 0 Å². The first kappa shape index (κ1) is 13.2. The van der Waals surface area contributed by atoms with Crippen LogP contribution in [0.2, 0.25) is 0 Å². The highest BCUT2D eigenvalue weighted by Gasteiger charge is 2.18. The predicted octanol–water partition coefficient (Wildman–Crippen LogP) is 2.31. The number of aromatic nitrogens is 1. The lowest BCUT2D eigenvalue weighted by atomic mass is 10.1. The van der Waals surface area contributed by atoms with Gasteiger partial charge in [0.1, 0.15) is 6.04 Å². The van der Waals surface area contributed by atoms with E-state index in [1.165, 1.54) is 0 Å². The summed E-state index contributed by atoms with van der Waals surface area (Å²) in [5.74, 6) is -0.890. The Balaban J connectivity index is 2.06. The molecule has 4 heteroatoms. The number of hydrogen-bond acceptors (Lipinski definition) is 3. The molecule has 0 aliphatic rings. The van der Waals surface area contributed by atoms with Crippen LogP contribution < -0.4 is 5.32 Å². The molecule has 0 fully saturated rings. The number of carbonyl (C=O) groups is 1. The maximum absolute atomic E-state index is 11.3. The van der Waals surface area contributed by atoms with Crippen molar-refractivity contribution in [2.24, 2.45) is 0 Å². The number of benzene rings is 1. The van der Waals surface area contributed by atoms with Gasteiger partial charge in [-0.25, -0.2) is 0 Å². The fourth-order valence-corrected chi connectivity index (χ4v) is 1.80. The number of aliphatic carboxylic acids is 1. The van der Waals surface area contributed by atoms with Crippen molar-refractivity contribution in [3.05, 3.63) is 65.5 Å². The lowest BCUT2D eigenvalue weighted by Gasteiger charge is -2.14. The van der Waals surface area contributed by atoms with Crippen LogP contribution >= 0.6 is 0 Å². The van der Waals surface area contributed by atoms with Crippen molar-refractivity contribution >= 4 is 5.97 Å². The minimum absolute atomic E-state index is 0.423. The first-order valence-electron chi connectivity index (χ1n) is 6.09. The molecule has 1 unspecified atom stereocenters. The third kappa shape index (κ3) is 3.63. The van der Waals surface area contributed by atoms with E-state index < -0.39 is 12.0 Å². The minimum atomic E-state index is -0.890. The van der Waals surface area contributed by atoms with E-state index in [1.807, 2.05) is 37.3 Å². The molecule has 2 rings (SSSR count). The summed E-state index contributed by atoms with van der Waals surface area (Å²) in [7, 11) is 0. The molecule has 4 nitrogen and oxygen atoms in total. The quantitative estimate of drug-likeness (QED) is 0.861. The largest absolute Gasteiger partial charge is 0.480 e. The number of aryl methyl sites for hydroxylation is 1. The molecule has 0 saturated carbocycles. The molecule has 2 N–H and O–H groups in total. The van der Waals surface area contributed by atoms with Crippen LogP contribution in [-0.4, -0.2) is 16.1 Å². The molecule has 0 radical (unpaired) electrons. The lowest BCUT2D eigenvalue weighted by Crippen LogP contribution is -2.28. The second-order valence-corrected chi connectivity index (χ2v) is 4.39. The Morgan fingerprint density at radius 1 is 1.26 bits per heavy atom. The molecule has 0 spiro atoms. The summed E-state index contributed by atoms with van der Waals surface area (Å²) >= 11 is 0. The number of carboxylic acid groups (broad SMARTS) is 1. The molecule has 0 amide bonds. The van der Waals surface area contributed by atoms with Gasteiger partial charge in [0.25, 0.3) is 0 Å². The summed E-state index contributed by atoms with van der Waals surface area (Å²) in [6.45, 7) is 2.39. The van der Waals surface area contributed by atoms with Gasteiger partial charge in [-0.1, -0.05) is 36.4 Å². The summed E-state index contributed by atoms with van der Waals surface area (Å²) in [6.07, 6.45) is 1.77. The maximum atomic E-state index is 11.3. The van der Waals surface area contributed by atoms with Crippen molar-refractivity contribution in [2.45, 2.75) is 19.5 Å². The standard InChI is InChI=1S/C15H16N2O2/c1-11-7-8-13(16-9-11)10-17-14(15(18)19)12-5-3-2-4-6-12/h2-9,14,17H,10H2,1H3,(H,18,19). The topological polar surface area (TPSA) is 62.2 Å². The van der Waals surface area contributed by atoms with E-state index in [0.29, 0.717) is 6.54 Å². The van der Waals surface area contributed by atoms with Gasteiger partial charge in [-0.05, 0) is 24.1 Å². The van der Waals surface area contributed by atoms with Crippen LogP contribution in [0.25, 0.3) is 0 Å². The SMILES string of the molecule is Cc1ccc(CNC(C(=O)O)c2ccccc2)nc1. The Hall–Kier alpha value is -2.20. The molecule has 1 atom stereocenters. The smallest absolute Gasteiger partial charge is 0.325 e. The fraction of sp³-hybridized carbons (Fsp3) is 0.200. The van der Waals surface area contributed by atoms with Crippen molar-refractivity contribution in [1.29, 1.82) is 0 Å². The second kappa shape index (κ2) is 6.11. The maximum Gasteiger partial charge on any atom is 0.325 e. The van der Waals surface area contributed by atoms with Crippen LogP contribution in [0.1, 0.15) is 22.9 Å². The Kier molecular flexibility index (Phi) is 4.26. The normalized spacial score (nSPS) is 12.1. The summed E-state index contributed by atoms with van der Waals surface area (Å²) < 4.78 is 0. The summed E-state index contributed by atoms with van der Waals surface area (Å²) in [5.41, 5.74) is 2.65. The number of rotatable bonds is 5. The van der Waals surface area contributed by atoms with Gasteiger partial charge in [0.05, 0.1) is 5.69 Å². The number of nitrogens with one attached hydrogen (secondary N) is 1. The number of pyridine rings is 1. The molecule has 19 heavy (non-hydrogen) atoms. The first-order valence-corrected chi connectivity index (χ1v) is 6.09. The van der Waals surface area contributed by atoms with Crippen LogP contribution in [0.5, 0.6) is 0 Å². The molecule has 1 heterocycles. The third-order valence-corrected chi connectivity index (χ3v) is 2.84. The van der Waals surface area contributed by atoms with Crippen molar-refractivity contribution in [3.8, 4) is 0 Å². The van der Waals surface area contributed by atoms with Crippen LogP contribution in [0, 0.1) is 6.92 Å². The number of carboxylic acids is 1. The van der Waals surface area contributed by atoms with Gasteiger partial charge in [-0.3, -0.25) is 15.1 Å².